The molecule has 0 fully saturated rings. The summed E-state index contributed by atoms with van der Waals surface area (Å²) in [6.45, 7) is 0. The van der Waals surface area contributed by atoms with E-state index in [2.05, 4.69) is 11.8 Å². The van der Waals surface area contributed by atoms with Gasteiger partial charge in [0.1, 0.15) is 0 Å². The van der Waals surface area contributed by atoms with Gasteiger partial charge in [0.25, 0.3) is 10.5 Å². The summed E-state index contributed by atoms with van der Waals surface area (Å²) in [5, 5.41) is -1.55. The highest BCUT2D eigenvalue weighted by molar-refractivity contribution is 6.69. The minimum atomic E-state index is -0.777. The summed E-state index contributed by atoms with van der Waals surface area (Å²) < 4.78 is 0. The van der Waals surface area contributed by atoms with Crippen LogP contribution in [0.2, 0.25) is 0 Å². The zero-order chi connectivity index (χ0) is 20.1. The molecule has 0 unspecified atom stereocenters. The summed E-state index contributed by atoms with van der Waals surface area (Å²) in [5.74, 6) is 5.71. The van der Waals surface area contributed by atoms with Crippen molar-refractivity contribution in [1.29, 1.82) is 0 Å². The van der Waals surface area contributed by atoms with Crippen LogP contribution in [0.15, 0.2) is 72.8 Å². The molecule has 0 heterocycles. The molecule has 0 spiro atoms. The van der Waals surface area contributed by atoms with E-state index in [-0.39, 0.29) is 22.5 Å². The summed E-state index contributed by atoms with van der Waals surface area (Å²) in [7, 11) is 0. The van der Waals surface area contributed by atoms with Gasteiger partial charge >= 0.3 is 0 Å². The molecule has 0 N–H and O–H groups in total. The Kier molecular flexibility index (Phi) is 6.06. The van der Waals surface area contributed by atoms with Crippen LogP contribution >= 0.6 is 23.2 Å². The fourth-order valence-corrected chi connectivity index (χ4v) is 2.74. The second-order valence-corrected chi connectivity index (χ2v) is 6.56. The lowest BCUT2D eigenvalue weighted by molar-refractivity contribution is 0.103. The van der Waals surface area contributed by atoms with Crippen molar-refractivity contribution < 1.29 is 14.4 Å². The molecule has 136 valence electrons. The molecule has 0 aliphatic rings. The Labute approximate surface area is 171 Å². The van der Waals surface area contributed by atoms with Gasteiger partial charge in [-0.2, -0.15) is 0 Å². The molecule has 0 bridgehead atoms. The zero-order valence-electron chi connectivity index (χ0n) is 14.4. The van der Waals surface area contributed by atoms with Crippen LogP contribution in [0.3, 0.4) is 0 Å². The van der Waals surface area contributed by atoms with Gasteiger partial charge in [0.2, 0.25) is 0 Å². The van der Waals surface area contributed by atoms with Crippen LogP contribution in [0.25, 0.3) is 0 Å². The summed E-state index contributed by atoms with van der Waals surface area (Å²) in [5.41, 5.74) is 2.24. The van der Waals surface area contributed by atoms with Gasteiger partial charge in [-0.05, 0) is 77.8 Å². The number of halogens is 2. The van der Waals surface area contributed by atoms with Gasteiger partial charge in [-0.1, -0.05) is 30.0 Å². The summed E-state index contributed by atoms with van der Waals surface area (Å²) in [6.07, 6.45) is 0. The van der Waals surface area contributed by atoms with E-state index in [1.54, 1.807) is 24.3 Å². The van der Waals surface area contributed by atoms with Crippen LogP contribution < -0.4 is 0 Å². The molecule has 0 amide bonds. The van der Waals surface area contributed by atoms with Gasteiger partial charge in [-0.15, -0.1) is 0 Å². The van der Waals surface area contributed by atoms with Crippen LogP contribution in [0.5, 0.6) is 0 Å². The number of carbonyl (C=O) groups is 3. The molecule has 0 saturated carbocycles. The topological polar surface area (TPSA) is 51.2 Å². The number of hydrogen-bond donors (Lipinski definition) is 0. The van der Waals surface area contributed by atoms with E-state index in [1.807, 2.05) is 30.3 Å². The van der Waals surface area contributed by atoms with Gasteiger partial charge in [-0.25, -0.2) is 0 Å². The maximum absolute atomic E-state index is 12.7. The zero-order valence-corrected chi connectivity index (χ0v) is 15.9. The first-order valence-electron chi connectivity index (χ1n) is 8.20. The summed E-state index contributed by atoms with van der Waals surface area (Å²) in [6, 6.07) is 20.2. The number of benzene rings is 3. The maximum atomic E-state index is 12.7. The predicted molar refractivity (Wildman–Crippen MR) is 109 cm³/mol. The monoisotopic (exact) mass is 406 g/mol. The van der Waals surface area contributed by atoms with E-state index >= 15 is 0 Å². The normalized spacial score (nSPS) is 9.93. The number of hydrogen-bond acceptors (Lipinski definition) is 3. The molecule has 5 heteroatoms. The number of ketones is 1. The second-order valence-electron chi connectivity index (χ2n) is 5.87. The van der Waals surface area contributed by atoms with Crippen LogP contribution in [0.4, 0.5) is 0 Å². The molecule has 0 saturated heterocycles. The van der Waals surface area contributed by atoms with Crippen molar-refractivity contribution in [2.75, 3.05) is 0 Å². The lowest BCUT2D eigenvalue weighted by atomic mass is 9.98. The highest BCUT2D eigenvalue weighted by Gasteiger charge is 2.16. The third kappa shape index (κ3) is 4.75. The molecule has 0 radical (unpaired) electrons. The predicted octanol–water partition coefficient (Wildman–Crippen LogP) is 5.08. The van der Waals surface area contributed by atoms with Gasteiger partial charge in [0.05, 0.1) is 0 Å². The number of carbonyl (C=O) groups excluding carboxylic acids is 3. The molecule has 0 aromatic heterocycles. The smallest absolute Gasteiger partial charge is 0.252 e. The average molecular weight is 407 g/mol. The molecule has 3 rings (SSSR count). The van der Waals surface area contributed by atoms with E-state index in [4.69, 9.17) is 23.2 Å². The van der Waals surface area contributed by atoms with E-state index in [0.29, 0.717) is 5.56 Å². The molecule has 0 aliphatic carbocycles. The summed E-state index contributed by atoms with van der Waals surface area (Å²) in [4.78, 5) is 35.6. The highest BCUT2D eigenvalue weighted by Crippen LogP contribution is 2.18. The molecule has 0 atom stereocenters. The van der Waals surface area contributed by atoms with Crippen molar-refractivity contribution in [2.24, 2.45) is 0 Å². The van der Waals surface area contributed by atoms with Crippen molar-refractivity contribution in [1.82, 2.24) is 0 Å². The van der Waals surface area contributed by atoms with Gasteiger partial charge in [0, 0.05) is 33.4 Å². The van der Waals surface area contributed by atoms with Crippen LogP contribution in [0, 0.1) is 11.8 Å². The molecule has 28 heavy (non-hydrogen) atoms. The lowest BCUT2D eigenvalue weighted by Gasteiger charge is -2.05. The Morgan fingerprint density at radius 2 is 1.04 bits per heavy atom. The van der Waals surface area contributed by atoms with Gasteiger partial charge in [0.15, 0.2) is 5.78 Å². The first kappa shape index (κ1) is 19.6. The van der Waals surface area contributed by atoms with E-state index in [0.717, 1.165) is 11.1 Å². The van der Waals surface area contributed by atoms with Crippen LogP contribution in [-0.4, -0.2) is 16.3 Å². The molecule has 3 aromatic rings. The van der Waals surface area contributed by atoms with E-state index < -0.39 is 10.5 Å². The van der Waals surface area contributed by atoms with Crippen molar-refractivity contribution in [3.63, 3.8) is 0 Å². The largest absolute Gasteiger partial charge is 0.289 e. The summed E-state index contributed by atoms with van der Waals surface area (Å²) >= 11 is 11.0. The fraction of sp³-hybridized carbons (Fsp3) is 0. The minimum absolute atomic E-state index is 0.0295. The number of rotatable bonds is 4. The Morgan fingerprint density at radius 3 is 1.54 bits per heavy atom. The highest BCUT2D eigenvalue weighted by atomic mass is 35.5. The van der Waals surface area contributed by atoms with Crippen LogP contribution in [-0.2, 0) is 0 Å². The Bertz CT molecular complexity index is 1090. The quantitative estimate of drug-likeness (QED) is 0.345. The Morgan fingerprint density at radius 1 is 0.571 bits per heavy atom. The lowest BCUT2D eigenvalue weighted by Crippen LogP contribution is -2.05. The Hall–Kier alpha value is -3.19. The molecular formula is C23H12Cl2O3. The fourth-order valence-electron chi connectivity index (χ4n) is 2.52. The SMILES string of the molecule is O=C(Cl)c1cc(C(=O)Cl)cc(C(=O)c2ccc(C#Cc3ccccc3)cc2)c1. The van der Waals surface area contributed by atoms with Gasteiger partial charge < -0.3 is 0 Å². The Balaban J connectivity index is 1.88. The van der Waals surface area contributed by atoms with E-state index in [1.165, 1.54) is 18.2 Å². The third-order valence-corrected chi connectivity index (χ3v) is 4.36. The van der Waals surface area contributed by atoms with Gasteiger partial charge in [-0.3, -0.25) is 14.4 Å². The van der Waals surface area contributed by atoms with Crippen molar-refractivity contribution >= 4 is 39.5 Å². The van der Waals surface area contributed by atoms with E-state index in [9.17, 15) is 14.4 Å². The average Bonchev–Trinajstić information content (AvgIpc) is 2.72. The molecule has 3 aromatic carbocycles. The molecule has 0 aliphatic heterocycles. The molecule has 3 nitrogen and oxygen atoms in total. The standard InChI is InChI=1S/C23H12Cl2O3/c24-22(27)19-12-18(13-20(14-19)23(25)28)21(26)17-10-8-16(9-11-17)7-6-15-4-2-1-3-5-15/h1-5,8-14H. The molecular weight excluding hydrogens is 395 g/mol. The van der Waals surface area contributed by atoms with Crippen molar-refractivity contribution in [3.8, 4) is 11.8 Å². The van der Waals surface area contributed by atoms with Crippen LogP contribution in [0.1, 0.15) is 47.8 Å². The minimum Gasteiger partial charge on any atom is -0.289 e. The maximum Gasteiger partial charge on any atom is 0.252 e. The first-order valence-corrected chi connectivity index (χ1v) is 8.96. The second kappa shape index (κ2) is 8.67. The first-order chi connectivity index (χ1) is 13.4. The third-order valence-electron chi connectivity index (χ3n) is 3.92. The van der Waals surface area contributed by atoms with Crippen molar-refractivity contribution in [2.45, 2.75) is 0 Å². The van der Waals surface area contributed by atoms with Crippen molar-refractivity contribution in [3.05, 3.63) is 106 Å².